The molecule has 68 valence electrons. The van der Waals surface area contributed by atoms with E-state index in [0.29, 0.717) is 6.92 Å². The van der Waals surface area contributed by atoms with Gasteiger partial charge in [0.05, 0.1) is 0 Å². The third kappa shape index (κ3) is 3.68. The summed E-state index contributed by atoms with van der Waals surface area (Å²) in [7, 11) is 0. The number of halogens is 2. The first-order chi connectivity index (χ1) is 5.04. The molecule has 0 aliphatic heterocycles. The van der Waals surface area contributed by atoms with E-state index in [4.69, 9.17) is 0 Å². The zero-order valence-electron chi connectivity index (χ0n) is 7.04. The number of hydrogen-bond acceptors (Lipinski definition) is 4. The molecule has 1 heterocycles. The van der Waals surface area contributed by atoms with Crippen molar-refractivity contribution in [3.8, 4) is 0 Å². The van der Waals surface area contributed by atoms with Gasteiger partial charge in [0.1, 0.15) is 0 Å². The van der Waals surface area contributed by atoms with Crippen molar-refractivity contribution in [3.05, 3.63) is 17.8 Å². The molecule has 0 saturated heterocycles. The molecule has 7 heteroatoms. The zero-order chi connectivity index (χ0) is 8.48. The normalized spacial score (nSPS) is 9.77. The Hall–Kier alpha value is -0.703. The molecule has 0 unspecified atom stereocenters. The maximum absolute atomic E-state index is 12.3. The fraction of sp³-hybridized carbons (Fsp3) is 0.333. The van der Waals surface area contributed by atoms with Crippen LogP contribution in [0.25, 0.3) is 0 Å². The van der Waals surface area contributed by atoms with E-state index in [0.717, 1.165) is 6.26 Å². The summed E-state index contributed by atoms with van der Waals surface area (Å²) in [6.45, 7) is 0.632. The van der Waals surface area contributed by atoms with Crippen LogP contribution in [0.5, 0.6) is 0 Å². The van der Waals surface area contributed by atoms with Crippen LogP contribution in [0.2, 0.25) is 0 Å². The summed E-state index contributed by atoms with van der Waals surface area (Å²) < 4.78 is 28.9. The molecule has 0 amide bonds. The second-order valence-electron chi connectivity index (χ2n) is 2.03. The predicted octanol–water partition coefficient (Wildman–Crippen LogP) is -1.93. The van der Waals surface area contributed by atoms with Crippen molar-refractivity contribution < 1.29 is 42.3 Å². The van der Waals surface area contributed by atoms with E-state index in [-0.39, 0.29) is 30.0 Å². The Bertz CT molecular complexity index is 271. The Morgan fingerprint density at radius 3 is 2.38 bits per heavy atom. The molecule has 0 spiro atoms. The van der Waals surface area contributed by atoms with E-state index in [1.807, 2.05) is 0 Å². The maximum atomic E-state index is 12.3. The Morgan fingerprint density at radius 1 is 1.62 bits per heavy atom. The van der Waals surface area contributed by atoms with Crippen molar-refractivity contribution >= 4 is 6.29 Å². The molecule has 1 rings (SSSR count). The number of rotatable bonds is 2. The number of aromatic nitrogens is 1. The second-order valence-corrected chi connectivity index (χ2v) is 2.03. The van der Waals surface area contributed by atoms with Crippen molar-refractivity contribution in [1.29, 1.82) is 0 Å². The van der Waals surface area contributed by atoms with Crippen molar-refractivity contribution in [2.24, 2.45) is 0 Å². The number of nitrogens with zero attached hydrogens (tertiary/aromatic N) is 1. The molecule has 0 bridgehead atoms. The molecule has 1 N–H and O–H groups in total. The van der Waals surface area contributed by atoms with Crippen LogP contribution < -0.4 is 18.9 Å². The predicted molar refractivity (Wildman–Crippen MR) is 32.8 cm³/mol. The third-order valence-electron chi connectivity index (χ3n) is 0.984. The van der Waals surface area contributed by atoms with E-state index in [9.17, 15) is 13.6 Å². The van der Waals surface area contributed by atoms with Gasteiger partial charge in [-0.3, -0.25) is 0 Å². The van der Waals surface area contributed by atoms with Crippen LogP contribution in [0, 0.1) is 0 Å². The van der Waals surface area contributed by atoms with Gasteiger partial charge in [-0.2, -0.15) is 8.78 Å². The molecule has 1 aromatic heterocycles. The number of hydrogen-bond donors (Lipinski definition) is 0. The fourth-order valence-corrected chi connectivity index (χ4v) is 0.522. The Balaban J connectivity index is 0. The summed E-state index contributed by atoms with van der Waals surface area (Å²) in [6.07, 6.45) is 2.16. The minimum Gasteiger partial charge on any atom is -0.870 e. The number of alkyl halides is 2. The SMILES string of the molecule is CC(F)(F)c1nc([C-]=O)co1.[Li+].[OH-]. The maximum Gasteiger partial charge on any atom is 1.00 e. The first kappa shape index (κ1) is 14.8. The smallest absolute Gasteiger partial charge is 0.870 e. The third-order valence-corrected chi connectivity index (χ3v) is 0.984. The molecule has 0 fully saturated rings. The molecule has 0 saturated carbocycles. The Kier molecular flexibility index (Phi) is 5.83. The molecular formula is C6H5F2LiNO3-. The van der Waals surface area contributed by atoms with Crippen LogP contribution in [0.4, 0.5) is 8.78 Å². The number of carbonyl (C=O) groups excluding carboxylic acids is 1. The Labute approximate surface area is 84.8 Å². The van der Waals surface area contributed by atoms with Crippen LogP contribution in [0.15, 0.2) is 10.7 Å². The monoisotopic (exact) mass is 184 g/mol. The summed E-state index contributed by atoms with van der Waals surface area (Å²) in [4.78, 5) is 13.0. The molecule has 0 aliphatic carbocycles. The van der Waals surface area contributed by atoms with Crippen molar-refractivity contribution in [3.63, 3.8) is 0 Å². The van der Waals surface area contributed by atoms with E-state index in [2.05, 4.69) is 9.40 Å². The van der Waals surface area contributed by atoms with Crippen LogP contribution in [-0.4, -0.2) is 16.7 Å². The van der Waals surface area contributed by atoms with Gasteiger partial charge in [-0.15, -0.1) is 0 Å². The van der Waals surface area contributed by atoms with E-state index >= 15 is 0 Å². The summed E-state index contributed by atoms with van der Waals surface area (Å²) in [5.74, 6) is -3.91. The van der Waals surface area contributed by atoms with Crippen LogP contribution >= 0.6 is 0 Å². The van der Waals surface area contributed by atoms with Crippen molar-refractivity contribution in [1.82, 2.24) is 4.98 Å². The van der Waals surface area contributed by atoms with Gasteiger partial charge >= 0.3 is 24.8 Å². The molecule has 0 radical (unpaired) electrons. The van der Waals surface area contributed by atoms with E-state index < -0.39 is 11.8 Å². The van der Waals surface area contributed by atoms with Crippen molar-refractivity contribution in [2.45, 2.75) is 12.8 Å². The van der Waals surface area contributed by atoms with Crippen LogP contribution in [0.1, 0.15) is 18.5 Å². The molecule has 13 heavy (non-hydrogen) atoms. The minimum atomic E-state index is -3.14. The van der Waals surface area contributed by atoms with Gasteiger partial charge in [-0.05, 0) is 12.0 Å². The van der Waals surface area contributed by atoms with Gasteiger partial charge in [-0.25, -0.2) is 4.98 Å². The van der Waals surface area contributed by atoms with Gasteiger partial charge < -0.3 is 14.7 Å². The second kappa shape index (κ2) is 5.12. The van der Waals surface area contributed by atoms with Gasteiger partial charge in [-0.1, -0.05) is 0 Å². The molecule has 0 aliphatic rings. The molecule has 4 nitrogen and oxygen atoms in total. The van der Waals surface area contributed by atoms with Gasteiger partial charge in [0.15, 0.2) is 0 Å². The standard InChI is InChI=1S/C6H4F2NO2.Li.H2O/c1-6(7,8)5-9-4(2-10)3-11-5;;/h3H,1H3;;1H2/q-1;+1;/p-1. The Morgan fingerprint density at radius 2 is 2.15 bits per heavy atom. The van der Waals surface area contributed by atoms with Gasteiger partial charge in [0.2, 0.25) is 5.89 Å². The molecule has 1 aromatic rings. The topological polar surface area (TPSA) is 73.1 Å². The summed E-state index contributed by atoms with van der Waals surface area (Å²) >= 11 is 0. The average Bonchev–Trinajstić information content (AvgIpc) is 2.32. The number of oxazole rings is 1. The molecule has 0 atom stereocenters. The van der Waals surface area contributed by atoms with Gasteiger partial charge in [0.25, 0.3) is 0 Å². The van der Waals surface area contributed by atoms with Crippen LogP contribution in [0.3, 0.4) is 0 Å². The molecular weight excluding hydrogens is 179 g/mol. The largest absolute Gasteiger partial charge is 1.00 e. The van der Waals surface area contributed by atoms with Gasteiger partial charge in [0, 0.05) is 13.2 Å². The van der Waals surface area contributed by atoms with Crippen LogP contribution in [-0.2, 0) is 10.7 Å². The first-order valence-corrected chi connectivity index (χ1v) is 2.76. The average molecular weight is 184 g/mol. The first-order valence-electron chi connectivity index (χ1n) is 2.76. The minimum absolute atomic E-state index is 0. The van der Waals surface area contributed by atoms with E-state index in [1.165, 1.54) is 6.29 Å². The summed E-state index contributed by atoms with van der Waals surface area (Å²) in [6, 6.07) is 0. The quantitative estimate of drug-likeness (QED) is 0.396. The summed E-state index contributed by atoms with van der Waals surface area (Å²) in [5, 5.41) is 0. The molecule has 0 aromatic carbocycles. The zero-order valence-corrected chi connectivity index (χ0v) is 7.04. The summed E-state index contributed by atoms with van der Waals surface area (Å²) in [5.41, 5.74) is -0.249. The van der Waals surface area contributed by atoms with Crippen molar-refractivity contribution in [2.75, 3.05) is 0 Å². The van der Waals surface area contributed by atoms with E-state index in [1.54, 1.807) is 0 Å². The fourth-order valence-electron chi connectivity index (χ4n) is 0.522.